The van der Waals surface area contributed by atoms with Crippen LogP contribution in [0.25, 0.3) is 0 Å². The monoisotopic (exact) mass is 367 g/mol. The summed E-state index contributed by atoms with van der Waals surface area (Å²) in [6.07, 6.45) is 0.851. The summed E-state index contributed by atoms with van der Waals surface area (Å²) in [5.74, 6) is -0.366. The minimum atomic E-state index is -0.366. The first kappa shape index (κ1) is 20.1. The van der Waals surface area contributed by atoms with Crippen molar-refractivity contribution < 1.29 is 14.3 Å². The number of aromatic nitrogens is 1. The van der Waals surface area contributed by atoms with Crippen molar-refractivity contribution in [1.29, 1.82) is 0 Å². The van der Waals surface area contributed by atoms with E-state index >= 15 is 0 Å². The van der Waals surface area contributed by atoms with Gasteiger partial charge in [0.25, 0.3) is 0 Å². The minimum Gasteiger partial charge on any atom is -0.461 e. The van der Waals surface area contributed by atoms with Crippen molar-refractivity contribution in [2.75, 3.05) is 33.1 Å². The Morgan fingerprint density at radius 2 is 2.04 bits per heavy atom. The summed E-state index contributed by atoms with van der Waals surface area (Å²) in [4.78, 5) is 26.5. The second-order valence-corrected chi connectivity index (χ2v) is 6.84. The van der Waals surface area contributed by atoms with Gasteiger partial charge >= 0.3 is 5.97 Å². The number of benzene rings is 1. The van der Waals surface area contributed by atoms with Gasteiger partial charge in [0.2, 0.25) is 0 Å². The Labute approximate surface area is 150 Å². The fourth-order valence-corrected chi connectivity index (χ4v) is 2.83. The number of anilines is 1. The molecule has 6 nitrogen and oxygen atoms in total. The molecular weight excluding hydrogens is 346 g/mol. The van der Waals surface area contributed by atoms with E-state index in [2.05, 4.69) is 10.3 Å². The molecule has 0 amide bonds. The van der Waals surface area contributed by atoms with E-state index in [-0.39, 0.29) is 5.97 Å². The molecule has 2 rings (SSSR count). The lowest BCUT2D eigenvalue weighted by molar-refractivity contribution is 0.0520. The molecule has 0 spiro atoms. The van der Waals surface area contributed by atoms with Gasteiger partial charge in [-0.2, -0.15) is 0 Å². The number of carbonyl (C=O) groups excluding carboxylic acids is 2. The van der Waals surface area contributed by atoms with Gasteiger partial charge in [0.1, 0.15) is 6.29 Å². The molecule has 1 aromatic heterocycles. The predicted octanol–water partition coefficient (Wildman–Crippen LogP) is 3.43. The number of hydrogen-bond donors (Lipinski definition) is 1. The second kappa shape index (κ2) is 10.8. The van der Waals surface area contributed by atoms with Crippen molar-refractivity contribution in [3.05, 3.63) is 40.9 Å². The molecule has 2 aromatic rings. The molecule has 0 atom stereocenters. The molecule has 0 saturated heterocycles. The molecule has 0 aliphatic heterocycles. The van der Waals surface area contributed by atoms with Gasteiger partial charge in [-0.05, 0) is 45.1 Å². The molecule has 0 radical (unpaired) electrons. The fourth-order valence-electron chi connectivity index (χ4n) is 1.51. The van der Waals surface area contributed by atoms with Crippen molar-refractivity contribution in [2.24, 2.45) is 0 Å². The average molecular weight is 367 g/mol. The van der Waals surface area contributed by atoms with Crippen LogP contribution in [0.5, 0.6) is 0 Å². The van der Waals surface area contributed by atoms with Crippen molar-refractivity contribution >= 4 is 40.7 Å². The van der Waals surface area contributed by atoms with Gasteiger partial charge in [-0.15, -0.1) is 11.3 Å². The quantitative estimate of drug-likeness (QED) is 0.476. The zero-order valence-electron chi connectivity index (χ0n) is 14.1. The van der Waals surface area contributed by atoms with E-state index < -0.39 is 0 Å². The SMILES string of the molecule is CCOC(=O)c1csc(NC)n1.CN(C)Sc1ccc(C=O)cc1. The Bertz CT molecular complexity index is 642. The number of nitrogens with zero attached hydrogens (tertiary/aromatic N) is 2. The number of hydrogen-bond acceptors (Lipinski definition) is 8. The number of rotatable bonds is 6. The van der Waals surface area contributed by atoms with E-state index in [0.29, 0.717) is 12.3 Å². The van der Waals surface area contributed by atoms with Crippen LogP contribution in [0.1, 0.15) is 27.8 Å². The van der Waals surface area contributed by atoms with Crippen LogP contribution in [0.3, 0.4) is 0 Å². The Morgan fingerprint density at radius 3 is 2.50 bits per heavy atom. The van der Waals surface area contributed by atoms with Gasteiger partial charge < -0.3 is 10.1 Å². The highest BCUT2D eigenvalue weighted by Crippen LogP contribution is 2.19. The zero-order chi connectivity index (χ0) is 17.9. The molecular formula is C16H21N3O3S2. The molecule has 1 heterocycles. The highest BCUT2D eigenvalue weighted by atomic mass is 32.2. The lowest BCUT2D eigenvalue weighted by Crippen LogP contribution is -2.04. The lowest BCUT2D eigenvalue weighted by Gasteiger charge is -2.07. The van der Waals surface area contributed by atoms with Crippen molar-refractivity contribution in [1.82, 2.24) is 9.29 Å². The molecule has 0 fully saturated rings. The summed E-state index contributed by atoms with van der Waals surface area (Å²) in [7, 11) is 5.73. The number of nitrogens with one attached hydrogen (secondary N) is 1. The molecule has 0 saturated carbocycles. The topological polar surface area (TPSA) is 71.5 Å². The van der Waals surface area contributed by atoms with Crippen molar-refractivity contribution in [3.63, 3.8) is 0 Å². The summed E-state index contributed by atoms with van der Waals surface area (Å²) in [5.41, 5.74) is 1.09. The first-order valence-electron chi connectivity index (χ1n) is 7.21. The molecule has 1 aromatic carbocycles. The normalized spacial score (nSPS) is 9.88. The Hall–Kier alpha value is -1.90. The van der Waals surface area contributed by atoms with Crippen LogP contribution in [0.4, 0.5) is 5.13 Å². The molecule has 1 N–H and O–H groups in total. The summed E-state index contributed by atoms with van der Waals surface area (Å²) in [6.45, 7) is 2.15. The summed E-state index contributed by atoms with van der Waals surface area (Å²) < 4.78 is 6.77. The van der Waals surface area contributed by atoms with Crippen LogP contribution in [0, 0.1) is 0 Å². The van der Waals surface area contributed by atoms with Gasteiger partial charge in [-0.25, -0.2) is 9.78 Å². The third kappa shape index (κ3) is 7.12. The summed E-state index contributed by atoms with van der Waals surface area (Å²) in [6, 6.07) is 7.51. The zero-order valence-corrected chi connectivity index (χ0v) is 15.7. The third-order valence-corrected chi connectivity index (χ3v) is 4.21. The smallest absolute Gasteiger partial charge is 0.357 e. The summed E-state index contributed by atoms with van der Waals surface area (Å²) in [5, 5.41) is 5.23. The molecule has 0 unspecified atom stereocenters. The van der Waals surface area contributed by atoms with E-state index in [1.54, 1.807) is 31.3 Å². The lowest BCUT2D eigenvalue weighted by atomic mass is 10.2. The van der Waals surface area contributed by atoms with Crippen molar-refractivity contribution in [2.45, 2.75) is 11.8 Å². The summed E-state index contributed by atoms with van der Waals surface area (Å²) >= 11 is 3.02. The molecule has 130 valence electrons. The third-order valence-electron chi connectivity index (χ3n) is 2.51. The first-order chi connectivity index (χ1) is 11.5. The van der Waals surface area contributed by atoms with Crippen LogP contribution in [0.15, 0.2) is 34.5 Å². The Kier molecular flexibility index (Phi) is 9.06. The van der Waals surface area contributed by atoms with Crippen LogP contribution in [-0.2, 0) is 4.74 Å². The maximum Gasteiger partial charge on any atom is 0.357 e. The largest absolute Gasteiger partial charge is 0.461 e. The minimum absolute atomic E-state index is 0.366. The number of aldehydes is 1. The Balaban J connectivity index is 0.000000240. The van der Waals surface area contributed by atoms with E-state index in [9.17, 15) is 9.59 Å². The number of carbonyl (C=O) groups is 2. The average Bonchev–Trinajstić information content (AvgIpc) is 3.05. The van der Waals surface area contributed by atoms with Crippen LogP contribution >= 0.6 is 23.3 Å². The van der Waals surface area contributed by atoms with Gasteiger partial charge in [0.15, 0.2) is 10.8 Å². The van der Waals surface area contributed by atoms with Gasteiger partial charge in [0, 0.05) is 22.9 Å². The van der Waals surface area contributed by atoms with Crippen LogP contribution in [-0.4, -0.2) is 49.3 Å². The molecule has 0 aliphatic carbocycles. The fraction of sp³-hybridized carbons (Fsp3) is 0.312. The van der Waals surface area contributed by atoms with Gasteiger partial charge in [-0.3, -0.25) is 9.10 Å². The number of esters is 1. The number of thiazole rings is 1. The highest BCUT2D eigenvalue weighted by Gasteiger charge is 2.10. The van der Waals surface area contributed by atoms with Gasteiger partial charge in [0.05, 0.1) is 6.61 Å². The molecule has 0 bridgehead atoms. The first-order valence-corrected chi connectivity index (χ1v) is 8.86. The Morgan fingerprint density at radius 1 is 1.38 bits per heavy atom. The predicted molar refractivity (Wildman–Crippen MR) is 99.0 cm³/mol. The maximum atomic E-state index is 11.1. The van der Waals surface area contributed by atoms with Crippen molar-refractivity contribution in [3.8, 4) is 0 Å². The number of ether oxygens (including phenoxy) is 1. The second-order valence-electron chi connectivity index (χ2n) is 4.60. The maximum absolute atomic E-state index is 11.1. The van der Waals surface area contributed by atoms with E-state index in [1.807, 2.05) is 42.7 Å². The van der Waals surface area contributed by atoms with Crippen LogP contribution in [0.2, 0.25) is 0 Å². The highest BCUT2D eigenvalue weighted by molar-refractivity contribution is 7.97. The van der Waals surface area contributed by atoms with E-state index in [4.69, 9.17) is 4.74 Å². The van der Waals surface area contributed by atoms with Crippen LogP contribution < -0.4 is 5.32 Å². The molecule has 8 heteroatoms. The van der Waals surface area contributed by atoms with Gasteiger partial charge in [-0.1, -0.05) is 12.1 Å². The van der Waals surface area contributed by atoms with E-state index in [0.717, 1.165) is 21.9 Å². The standard InChI is InChI=1S/C9H11NOS.C7H10N2O2S/c1-10(2)12-9-5-3-8(7-11)4-6-9;1-3-11-6(10)5-4-12-7(8-2)9-5/h3-7H,1-2H3;4H,3H2,1-2H3,(H,8,9). The van der Waals surface area contributed by atoms with E-state index in [1.165, 1.54) is 11.3 Å². The molecule has 24 heavy (non-hydrogen) atoms. The molecule has 0 aliphatic rings.